The maximum Gasteiger partial charge on any atom is 0.121 e. The van der Waals surface area contributed by atoms with Crippen LogP contribution in [0.2, 0.25) is 0 Å². The van der Waals surface area contributed by atoms with Gasteiger partial charge in [0.05, 0.1) is 7.11 Å². The summed E-state index contributed by atoms with van der Waals surface area (Å²) in [6, 6.07) is 6.76. The number of benzene rings is 1. The van der Waals surface area contributed by atoms with Crippen LogP contribution < -0.4 is 10.5 Å². The van der Waals surface area contributed by atoms with E-state index >= 15 is 0 Å². The minimum Gasteiger partial charge on any atom is -0.496 e. The topological polar surface area (TPSA) is 38.5 Å². The second-order valence-electron chi connectivity index (χ2n) is 5.72. The fourth-order valence-electron chi connectivity index (χ4n) is 2.75. The molecule has 0 aliphatic carbocycles. The fourth-order valence-corrected chi connectivity index (χ4v) is 2.75. The second kappa shape index (κ2) is 9.80. The first kappa shape index (κ1) is 18.0. The van der Waals surface area contributed by atoms with Gasteiger partial charge in [0.1, 0.15) is 5.75 Å². The molecule has 1 aromatic rings. The summed E-state index contributed by atoms with van der Waals surface area (Å²) in [5, 5.41) is 0. The normalized spacial score (nSPS) is 12.7. The predicted octanol–water partition coefficient (Wildman–Crippen LogP) is 3.91. The lowest BCUT2D eigenvalue weighted by atomic mass is 10.0. The summed E-state index contributed by atoms with van der Waals surface area (Å²) in [6.07, 6.45) is 4.91. The standard InChI is InChI=1S/C18H32N2O/c1-5-7-11-20(12-8-6-2)17(14-19)16-9-10-18(21-4)15(3)13-16/h9-10,13,17H,5-8,11-12,14,19H2,1-4H3. The lowest BCUT2D eigenvalue weighted by Crippen LogP contribution is -2.35. The number of unbranched alkanes of at least 4 members (excludes halogenated alkanes) is 2. The van der Waals surface area contributed by atoms with Crippen molar-refractivity contribution in [2.24, 2.45) is 5.73 Å². The molecule has 0 aromatic heterocycles. The van der Waals surface area contributed by atoms with E-state index in [1.807, 2.05) is 0 Å². The van der Waals surface area contributed by atoms with Gasteiger partial charge < -0.3 is 10.5 Å². The number of hydrogen-bond acceptors (Lipinski definition) is 3. The molecule has 2 N–H and O–H groups in total. The molecule has 0 aliphatic rings. The molecule has 1 rings (SSSR count). The number of methoxy groups -OCH3 is 1. The lowest BCUT2D eigenvalue weighted by molar-refractivity contribution is 0.195. The van der Waals surface area contributed by atoms with Crippen molar-refractivity contribution >= 4 is 0 Å². The van der Waals surface area contributed by atoms with E-state index in [9.17, 15) is 0 Å². The van der Waals surface area contributed by atoms with Crippen molar-refractivity contribution < 1.29 is 4.74 Å². The molecule has 21 heavy (non-hydrogen) atoms. The first-order chi connectivity index (χ1) is 10.2. The summed E-state index contributed by atoms with van der Waals surface area (Å²) in [5.41, 5.74) is 8.59. The molecular formula is C18H32N2O. The maximum atomic E-state index is 6.10. The number of rotatable bonds is 10. The maximum absolute atomic E-state index is 6.10. The molecular weight excluding hydrogens is 260 g/mol. The van der Waals surface area contributed by atoms with Crippen molar-refractivity contribution in [1.82, 2.24) is 4.90 Å². The van der Waals surface area contributed by atoms with Crippen LogP contribution in [0.25, 0.3) is 0 Å². The molecule has 0 spiro atoms. The monoisotopic (exact) mass is 292 g/mol. The van der Waals surface area contributed by atoms with Crippen molar-refractivity contribution in [3.05, 3.63) is 29.3 Å². The molecule has 0 heterocycles. The number of hydrogen-bond donors (Lipinski definition) is 1. The number of aryl methyl sites for hydroxylation is 1. The third kappa shape index (κ3) is 5.33. The third-order valence-electron chi connectivity index (χ3n) is 4.07. The molecule has 0 radical (unpaired) electrons. The van der Waals surface area contributed by atoms with Gasteiger partial charge >= 0.3 is 0 Å². The van der Waals surface area contributed by atoms with Crippen LogP contribution in [0.1, 0.15) is 56.7 Å². The van der Waals surface area contributed by atoms with Crippen molar-refractivity contribution in [3.63, 3.8) is 0 Å². The summed E-state index contributed by atoms with van der Waals surface area (Å²) in [6.45, 7) is 9.50. The van der Waals surface area contributed by atoms with Crippen LogP contribution in [0.3, 0.4) is 0 Å². The Morgan fingerprint density at radius 3 is 2.19 bits per heavy atom. The van der Waals surface area contributed by atoms with E-state index in [0.717, 1.165) is 18.8 Å². The zero-order valence-electron chi connectivity index (χ0n) is 14.2. The highest BCUT2D eigenvalue weighted by atomic mass is 16.5. The summed E-state index contributed by atoms with van der Waals surface area (Å²) in [5.74, 6) is 0.947. The van der Waals surface area contributed by atoms with Crippen molar-refractivity contribution in [2.75, 3.05) is 26.7 Å². The Labute approximate surface area is 130 Å². The van der Waals surface area contributed by atoms with Gasteiger partial charge in [-0.15, -0.1) is 0 Å². The third-order valence-corrected chi connectivity index (χ3v) is 4.07. The van der Waals surface area contributed by atoms with Crippen molar-refractivity contribution in [1.29, 1.82) is 0 Å². The quantitative estimate of drug-likeness (QED) is 0.710. The van der Waals surface area contributed by atoms with Crippen LogP contribution in [0.4, 0.5) is 0 Å². The molecule has 0 saturated heterocycles. The van der Waals surface area contributed by atoms with E-state index in [4.69, 9.17) is 10.5 Å². The molecule has 1 atom stereocenters. The summed E-state index contributed by atoms with van der Waals surface area (Å²) in [7, 11) is 1.72. The van der Waals surface area contributed by atoms with Crippen LogP contribution in [0.5, 0.6) is 5.75 Å². The Balaban J connectivity index is 2.92. The first-order valence-electron chi connectivity index (χ1n) is 8.26. The van der Waals surface area contributed by atoms with Gasteiger partial charge in [-0.25, -0.2) is 0 Å². The van der Waals surface area contributed by atoms with Gasteiger partial charge in [0.25, 0.3) is 0 Å². The van der Waals surface area contributed by atoms with Gasteiger partial charge in [-0.3, -0.25) is 4.90 Å². The molecule has 3 nitrogen and oxygen atoms in total. The molecule has 0 fully saturated rings. The van der Waals surface area contributed by atoms with E-state index < -0.39 is 0 Å². The molecule has 3 heteroatoms. The van der Waals surface area contributed by atoms with Gasteiger partial charge in [-0.05, 0) is 50.0 Å². The van der Waals surface area contributed by atoms with Crippen LogP contribution in [0.15, 0.2) is 18.2 Å². The highest BCUT2D eigenvalue weighted by Crippen LogP contribution is 2.26. The van der Waals surface area contributed by atoms with Gasteiger partial charge in [0.15, 0.2) is 0 Å². The average molecular weight is 292 g/mol. The van der Waals surface area contributed by atoms with E-state index in [1.165, 1.54) is 36.8 Å². The minimum atomic E-state index is 0.313. The highest BCUT2D eigenvalue weighted by Gasteiger charge is 2.19. The smallest absolute Gasteiger partial charge is 0.121 e. The number of ether oxygens (including phenoxy) is 1. The lowest BCUT2D eigenvalue weighted by Gasteiger charge is -2.31. The largest absolute Gasteiger partial charge is 0.496 e. The summed E-state index contributed by atoms with van der Waals surface area (Å²) < 4.78 is 5.36. The summed E-state index contributed by atoms with van der Waals surface area (Å²) in [4.78, 5) is 2.55. The second-order valence-corrected chi connectivity index (χ2v) is 5.72. The summed E-state index contributed by atoms with van der Waals surface area (Å²) >= 11 is 0. The molecule has 120 valence electrons. The molecule has 0 amide bonds. The fraction of sp³-hybridized carbons (Fsp3) is 0.667. The Bertz CT molecular complexity index is 398. The van der Waals surface area contributed by atoms with E-state index in [-0.39, 0.29) is 0 Å². The average Bonchev–Trinajstić information content (AvgIpc) is 2.50. The highest BCUT2D eigenvalue weighted by molar-refractivity contribution is 5.37. The Morgan fingerprint density at radius 2 is 1.76 bits per heavy atom. The Hall–Kier alpha value is -1.06. The molecule has 0 aliphatic heterocycles. The minimum absolute atomic E-state index is 0.313. The number of nitrogens with zero attached hydrogens (tertiary/aromatic N) is 1. The van der Waals surface area contributed by atoms with Gasteiger partial charge in [0.2, 0.25) is 0 Å². The molecule has 1 unspecified atom stereocenters. The Morgan fingerprint density at radius 1 is 1.14 bits per heavy atom. The predicted molar refractivity (Wildman–Crippen MR) is 90.9 cm³/mol. The molecule has 0 bridgehead atoms. The van der Waals surface area contributed by atoms with E-state index in [2.05, 4.69) is 43.9 Å². The first-order valence-corrected chi connectivity index (χ1v) is 8.26. The molecule has 1 aromatic carbocycles. The SMILES string of the molecule is CCCCN(CCCC)C(CN)c1ccc(OC)c(C)c1. The van der Waals surface area contributed by atoms with Crippen LogP contribution >= 0.6 is 0 Å². The van der Waals surface area contributed by atoms with Crippen LogP contribution in [-0.2, 0) is 0 Å². The molecule has 0 saturated carbocycles. The zero-order chi connectivity index (χ0) is 15.7. The van der Waals surface area contributed by atoms with Gasteiger partial charge in [-0.1, -0.05) is 38.8 Å². The van der Waals surface area contributed by atoms with Gasteiger partial charge in [0, 0.05) is 12.6 Å². The van der Waals surface area contributed by atoms with Crippen LogP contribution in [-0.4, -0.2) is 31.6 Å². The Kier molecular flexibility index (Phi) is 8.40. The van der Waals surface area contributed by atoms with Crippen molar-refractivity contribution in [3.8, 4) is 5.75 Å². The van der Waals surface area contributed by atoms with E-state index in [1.54, 1.807) is 7.11 Å². The van der Waals surface area contributed by atoms with E-state index in [0.29, 0.717) is 12.6 Å². The van der Waals surface area contributed by atoms with Gasteiger partial charge in [-0.2, -0.15) is 0 Å². The zero-order valence-corrected chi connectivity index (χ0v) is 14.2. The number of nitrogens with two attached hydrogens (primary N) is 1. The van der Waals surface area contributed by atoms with Crippen molar-refractivity contribution in [2.45, 2.75) is 52.5 Å². The van der Waals surface area contributed by atoms with Crippen LogP contribution in [0, 0.1) is 6.92 Å².